The SMILES string of the molecule is COc1c(I)cc(I)cc1/C=C1/SC(N)=NC1=O. The van der Waals surface area contributed by atoms with Gasteiger partial charge >= 0.3 is 0 Å². The van der Waals surface area contributed by atoms with E-state index in [1.807, 2.05) is 12.1 Å². The van der Waals surface area contributed by atoms with Crippen molar-refractivity contribution in [2.24, 2.45) is 10.7 Å². The van der Waals surface area contributed by atoms with Crippen LogP contribution in [0.5, 0.6) is 5.75 Å². The zero-order valence-electron chi connectivity index (χ0n) is 9.24. The van der Waals surface area contributed by atoms with Gasteiger partial charge in [0.25, 0.3) is 5.91 Å². The molecule has 0 aliphatic carbocycles. The number of amides is 1. The maximum absolute atomic E-state index is 11.6. The predicted molar refractivity (Wildman–Crippen MR) is 90.6 cm³/mol. The second kappa shape index (κ2) is 5.78. The Morgan fingerprint density at radius 2 is 2.17 bits per heavy atom. The van der Waals surface area contributed by atoms with Crippen LogP contribution in [0.1, 0.15) is 5.56 Å². The fourth-order valence-corrected chi connectivity index (χ4v) is 4.25. The Hall–Kier alpha value is -0.290. The van der Waals surface area contributed by atoms with Crippen LogP contribution in [-0.4, -0.2) is 18.2 Å². The average molecular weight is 486 g/mol. The summed E-state index contributed by atoms with van der Waals surface area (Å²) in [5, 5.41) is 0.283. The standard InChI is InChI=1S/C11H8I2N2O2S/c1-17-9-5(2-6(12)4-7(9)13)3-8-10(16)15-11(14)18-8/h2-4H,1H3,(H2,14,15,16)/b8-3+. The van der Waals surface area contributed by atoms with Gasteiger partial charge in [-0.05, 0) is 75.2 Å². The van der Waals surface area contributed by atoms with Crippen LogP contribution < -0.4 is 10.5 Å². The summed E-state index contributed by atoms with van der Waals surface area (Å²) in [5.41, 5.74) is 6.37. The largest absolute Gasteiger partial charge is 0.495 e. The van der Waals surface area contributed by atoms with Crippen molar-refractivity contribution in [1.82, 2.24) is 0 Å². The van der Waals surface area contributed by atoms with Crippen molar-refractivity contribution in [3.63, 3.8) is 0 Å². The number of methoxy groups -OCH3 is 1. The number of carbonyl (C=O) groups is 1. The van der Waals surface area contributed by atoms with Crippen molar-refractivity contribution in [3.05, 3.63) is 29.7 Å². The number of halogens is 2. The number of thioether (sulfide) groups is 1. The number of carbonyl (C=O) groups excluding carboxylic acids is 1. The molecule has 0 fully saturated rings. The molecule has 0 bridgehead atoms. The minimum atomic E-state index is -0.298. The zero-order valence-corrected chi connectivity index (χ0v) is 14.4. The van der Waals surface area contributed by atoms with Crippen LogP contribution >= 0.6 is 56.9 Å². The quantitative estimate of drug-likeness (QED) is 0.517. The van der Waals surface area contributed by atoms with E-state index in [2.05, 4.69) is 50.2 Å². The molecule has 4 nitrogen and oxygen atoms in total. The highest BCUT2D eigenvalue weighted by Gasteiger charge is 2.20. The molecule has 0 saturated heterocycles. The summed E-state index contributed by atoms with van der Waals surface area (Å²) in [6.45, 7) is 0. The van der Waals surface area contributed by atoms with Gasteiger partial charge in [-0.15, -0.1) is 0 Å². The van der Waals surface area contributed by atoms with Gasteiger partial charge in [0.2, 0.25) is 0 Å². The van der Waals surface area contributed by atoms with E-state index in [0.717, 1.165) is 18.5 Å². The lowest BCUT2D eigenvalue weighted by Crippen LogP contribution is -2.01. The monoisotopic (exact) mass is 486 g/mol. The van der Waals surface area contributed by atoms with Gasteiger partial charge in [-0.1, -0.05) is 0 Å². The lowest BCUT2D eigenvalue weighted by molar-refractivity contribution is -0.113. The maximum atomic E-state index is 11.6. The van der Waals surface area contributed by atoms with Crippen LogP contribution in [0, 0.1) is 7.14 Å². The van der Waals surface area contributed by atoms with E-state index in [4.69, 9.17) is 10.5 Å². The molecular formula is C11H8I2N2O2S. The maximum Gasteiger partial charge on any atom is 0.286 e. The third kappa shape index (κ3) is 2.99. The second-order valence-corrected chi connectivity index (χ2v) is 6.85. The molecule has 0 atom stereocenters. The molecule has 1 aliphatic rings. The van der Waals surface area contributed by atoms with Crippen LogP contribution in [0.3, 0.4) is 0 Å². The molecule has 0 saturated carbocycles. The van der Waals surface area contributed by atoms with Crippen LogP contribution in [0.4, 0.5) is 0 Å². The molecule has 1 aromatic rings. The number of benzene rings is 1. The molecule has 0 unspecified atom stereocenters. The predicted octanol–water partition coefficient (Wildman–Crippen LogP) is 2.83. The van der Waals surface area contributed by atoms with Crippen LogP contribution in [0.2, 0.25) is 0 Å². The van der Waals surface area contributed by atoms with Crippen molar-refractivity contribution >= 4 is 74.1 Å². The van der Waals surface area contributed by atoms with Crippen molar-refractivity contribution in [2.75, 3.05) is 7.11 Å². The smallest absolute Gasteiger partial charge is 0.286 e. The van der Waals surface area contributed by atoms with Gasteiger partial charge in [0, 0.05) is 9.13 Å². The Morgan fingerprint density at radius 3 is 2.72 bits per heavy atom. The van der Waals surface area contributed by atoms with Crippen LogP contribution in [0.15, 0.2) is 22.0 Å². The third-order valence-electron chi connectivity index (χ3n) is 2.16. The van der Waals surface area contributed by atoms with Crippen molar-refractivity contribution in [1.29, 1.82) is 0 Å². The van der Waals surface area contributed by atoms with Gasteiger partial charge in [-0.3, -0.25) is 4.79 Å². The van der Waals surface area contributed by atoms with E-state index < -0.39 is 0 Å². The van der Waals surface area contributed by atoms with Gasteiger partial charge in [0.1, 0.15) is 5.75 Å². The minimum Gasteiger partial charge on any atom is -0.495 e. The van der Waals surface area contributed by atoms with E-state index in [0.29, 0.717) is 4.91 Å². The number of hydrogen-bond donors (Lipinski definition) is 1. The fourth-order valence-electron chi connectivity index (χ4n) is 1.47. The number of nitrogens with two attached hydrogens (primary N) is 1. The zero-order chi connectivity index (χ0) is 13.3. The summed E-state index contributed by atoms with van der Waals surface area (Å²) >= 11 is 5.61. The number of aliphatic imine (C=N–C) groups is 1. The van der Waals surface area contributed by atoms with Crippen molar-refractivity contribution in [3.8, 4) is 5.75 Å². The first-order valence-electron chi connectivity index (χ1n) is 4.82. The summed E-state index contributed by atoms with van der Waals surface area (Å²) in [5.74, 6) is 0.454. The van der Waals surface area contributed by atoms with Crippen molar-refractivity contribution in [2.45, 2.75) is 0 Å². The van der Waals surface area contributed by atoms with Gasteiger partial charge in [0.15, 0.2) is 5.17 Å². The molecule has 1 aromatic carbocycles. The molecule has 94 valence electrons. The van der Waals surface area contributed by atoms with E-state index in [-0.39, 0.29) is 11.1 Å². The molecule has 0 spiro atoms. The van der Waals surface area contributed by atoms with Crippen molar-refractivity contribution < 1.29 is 9.53 Å². The Bertz CT molecular complexity index is 585. The molecule has 18 heavy (non-hydrogen) atoms. The molecule has 1 aliphatic heterocycles. The van der Waals surface area contributed by atoms with Crippen LogP contribution in [0.25, 0.3) is 6.08 Å². The Morgan fingerprint density at radius 1 is 1.44 bits per heavy atom. The van der Waals surface area contributed by atoms with Gasteiger partial charge in [0.05, 0.1) is 15.6 Å². The normalized spacial score (nSPS) is 17.2. The van der Waals surface area contributed by atoms with E-state index >= 15 is 0 Å². The average Bonchev–Trinajstić information content (AvgIpc) is 2.57. The molecule has 1 amide bonds. The van der Waals surface area contributed by atoms with Gasteiger partial charge < -0.3 is 10.5 Å². The molecule has 1 heterocycles. The number of hydrogen-bond acceptors (Lipinski definition) is 4. The lowest BCUT2D eigenvalue weighted by Gasteiger charge is -2.08. The fraction of sp³-hybridized carbons (Fsp3) is 0.0909. The highest BCUT2D eigenvalue weighted by atomic mass is 127. The molecule has 0 aromatic heterocycles. The first kappa shape index (κ1) is 14.1. The lowest BCUT2D eigenvalue weighted by atomic mass is 10.2. The first-order valence-corrected chi connectivity index (χ1v) is 7.79. The summed E-state index contributed by atoms with van der Waals surface area (Å²) in [6, 6.07) is 3.97. The second-order valence-electron chi connectivity index (χ2n) is 3.38. The number of nitrogens with zero attached hydrogens (tertiary/aromatic N) is 1. The molecule has 2 rings (SSSR count). The van der Waals surface area contributed by atoms with E-state index in [9.17, 15) is 4.79 Å². The third-order valence-corrected chi connectivity index (χ3v) is 4.40. The number of amidine groups is 1. The van der Waals surface area contributed by atoms with E-state index in [1.54, 1.807) is 13.2 Å². The number of ether oxygens (including phenoxy) is 1. The summed E-state index contributed by atoms with van der Waals surface area (Å²) < 4.78 is 7.43. The molecular weight excluding hydrogens is 478 g/mol. The summed E-state index contributed by atoms with van der Waals surface area (Å²) in [7, 11) is 1.61. The number of rotatable bonds is 2. The van der Waals surface area contributed by atoms with Gasteiger partial charge in [-0.2, -0.15) is 4.99 Å². The topological polar surface area (TPSA) is 64.7 Å². The minimum absolute atomic E-state index is 0.283. The highest BCUT2D eigenvalue weighted by molar-refractivity contribution is 14.1. The molecule has 2 N–H and O–H groups in total. The summed E-state index contributed by atoms with van der Waals surface area (Å²) in [6.07, 6.45) is 1.76. The Kier molecular flexibility index (Phi) is 4.54. The van der Waals surface area contributed by atoms with E-state index in [1.165, 1.54) is 11.8 Å². The summed E-state index contributed by atoms with van der Waals surface area (Å²) in [4.78, 5) is 15.7. The van der Waals surface area contributed by atoms with Gasteiger partial charge in [-0.25, -0.2) is 0 Å². The first-order chi connectivity index (χ1) is 8.51. The highest BCUT2D eigenvalue weighted by Crippen LogP contribution is 2.33. The van der Waals surface area contributed by atoms with Crippen LogP contribution in [-0.2, 0) is 4.79 Å². The Balaban J connectivity index is 2.47. The molecule has 0 radical (unpaired) electrons. The molecule has 7 heteroatoms. The Labute approximate surface area is 136 Å².